The molecule has 1 heterocycles. The van der Waals surface area contributed by atoms with E-state index in [0.29, 0.717) is 12.2 Å². The zero-order chi connectivity index (χ0) is 13.4. The lowest BCUT2D eigenvalue weighted by Gasteiger charge is -2.11. The molecule has 4 nitrogen and oxygen atoms in total. The quantitative estimate of drug-likeness (QED) is 0.772. The first kappa shape index (κ1) is 12.0. The highest BCUT2D eigenvalue weighted by molar-refractivity contribution is 6.63. The molecule has 3 rings (SSSR count). The number of benzene rings is 2. The third kappa shape index (κ3) is 1.93. The minimum atomic E-state index is -0.952. The van der Waals surface area contributed by atoms with Crippen LogP contribution in [0.5, 0.6) is 0 Å². The molecule has 2 aromatic rings. The number of fused-ring (bicyclic) bond motifs is 1. The molecule has 19 heavy (non-hydrogen) atoms. The minimum Gasteiger partial charge on any atom is -0.423 e. The smallest absolute Gasteiger partial charge is 0.423 e. The van der Waals surface area contributed by atoms with Crippen molar-refractivity contribution in [3.8, 4) is 11.1 Å². The van der Waals surface area contributed by atoms with Crippen LogP contribution in [-0.4, -0.2) is 18.0 Å². The molecule has 0 unspecified atom stereocenters. The van der Waals surface area contributed by atoms with Crippen molar-refractivity contribution in [1.29, 1.82) is 0 Å². The standard InChI is InChI=1S/C14H12BNO3/c16-14(17)12-6-2-1-5-10(12)11-7-3-4-9-8-19-15(18)13(9)11/h1-7,18H,8H2,(H2,16,17). The average Bonchev–Trinajstić information content (AvgIpc) is 2.81. The molecule has 1 amide bonds. The summed E-state index contributed by atoms with van der Waals surface area (Å²) >= 11 is 0. The summed E-state index contributed by atoms with van der Waals surface area (Å²) in [6.07, 6.45) is 0. The second-order valence-corrected chi connectivity index (χ2v) is 4.45. The van der Waals surface area contributed by atoms with Crippen LogP contribution in [0, 0.1) is 0 Å². The summed E-state index contributed by atoms with van der Waals surface area (Å²) in [4.78, 5) is 11.5. The zero-order valence-electron chi connectivity index (χ0n) is 10.2. The molecule has 0 fully saturated rings. The summed E-state index contributed by atoms with van der Waals surface area (Å²) in [5, 5.41) is 9.91. The van der Waals surface area contributed by atoms with Crippen LogP contribution in [0.1, 0.15) is 15.9 Å². The normalized spacial score (nSPS) is 13.4. The summed E-state index contributed by atoms with van der Waals surface area (Å²) < 4.78 is 5.23. The van der Waals surface area contributed by atoms with Crippen molar-refractivity contribution in [2.24, 2.45) is 5.73 Å². The van der Waals surface area contributed by atoms with Crippen molar-refractivity contribution in [3.05, 3.63) is 53.6 Å². The lowest BCUT2D eigenvalue weighted by molar-refractivity contribution is 0.100. The van der Waals surface area contributed by atoms with Gasteiger partial charge in [0.1, 0.15) is 0 Å². The monoisotopic (exact) mass is 253 g/mol. The highest BCUT2D eigenvalue weighted by Crippen LogP contribution is 2.25. The van der Waals surface area contributed by atoms with Gasteiger partial charge in [-0.3, -0.25) is 4.79 Å². The lowest BCUT2D eigenvalue weighted by atomic mass is 9.74. The maximum atomic E-state index is 11.5. The molecule has 0 saturated carbocycles. The van der Waals surface area contributed by atoms with Gasteiger partial charge in [-0.2, -0.15) is 0 Å². The van der Waals surface area contributed by atoms with E-state index < -0.39 is 13.0 Å². The molecule has 0 saturated heterocycles. The largest absolute Gasteiger partial charge is 0.492 e. The number of amides is 1. The van der Waals surface area contributed by atoms with Gasteiger partial charge in [0.2, 0.25) is 5.91 Å². The Morgan fingerprint density at radius 1 is 1.16 bits per heavy atom. The molecule has 1 aliphatic heterocycles. The van der Waals surface area contributed by atoms with Crippen molar-refractivity contribution in [2.75, 3.05) is 0 Å². The van der Waals surface area contributed by atoms with Crippen molar-refractivity contribution in [2.45, 2.75) is 6.61 Å². The minimum absolute atomic E-state index is 0.378. The topological polar surface area (TPSA) is 72.6 Å². The number of hydrogen-bond donors (Lipinski definition) is 2. The predicted octanol–water partition coefficient (Wildman–Crippen LogP) is 0.670. The van der Waals surface area contributed by atoms with Crippen LogP contribution in [0.3, 0.4) is 0 Å². The van der Waals surface area contributed by atoms with E-state index in [9.17, 15) is 9.82 Å². The lowest BCUT2D eigenvalue weighted by Crippen LogP contribution is -2.30. The van der Waals surface area contributed by atoms with Crippen LogP contribution in [0.2, 0.25) is 0 Å². The number of carbonyl (C=O) groups excluding carboxylic acids is 1. The van der Waals surface area contributed by atoms with Crippen molar-refractivity contribution < 1.29 is 14.5 Å². The number of primary amides is 1. The van der Waals surface area contributed by atoms with E-state index >= 15 is 0 Å². The SMILES string of the molecule is NC(=O)c1ccccc1-c1cccc2c1B(O)OC2. The summed E-state index contributed by atoms with van der Waals surface area (Å²) in [6, 6.07) is 12.7. The van der Waals surface area contributed by atoms with Gasteiger partial charge in [-0.25, -0.2) is 0 Å². The van der Waals surface area contributed by atoms with E-state index in [4.69, 9.17) is 10.4 Å². The van der Waals surface area contributed by atoms with Crippen LogP contribution in [0.4, 0.5) is 0 Å². The Hall–Kier alpha value is -2.11. The van der Waals surface area contributed by atoms with Crippen molar-refractivity contribution in [1.82, 2.24) is 0 Å². The molecule has 2 aromatic carbocycles. The first-order valence-electron chi connectivity index (χ1n) is 5.99. The number of hydrogen-bond acceptors (Lipinski definition) is 3. The summed E-state index contributed by atoms with van der Waals surface area (Å²) in [5.74, 6) is -0.485. The van der Waals surface area contributed by atoms with Gasteiger partial charge in [0.15, 0.2) is 0 Å². The molecular weight excluding hydrogens is 241 g/mol. The van der Waals surface area contributed by atoms with Gasteiger partial charge in [-0.05, 0) is 28.2 Å². The molecule has 0 bridgehead atoms. The molecule has 0 atom stereocenters. The van der Waals surface area contributed by atoms with Crippen molar-refractivity contribution >= 4 is 18.5 Å². The van der Waals surface area contributed by atoms with Gasteiger partial charge in [0.05, 0.1) is 6.61 Å². The molecule has 0 radical (unpaired) electrons. The van der Waals surface area contributed by atoms with Gasteiger partial charge in [-0.1, -0.05) is 36.4 Å². The average molecular weight is 253 g/mol. The van der Waals surface area contributed by atoms with Crippen LogP contribution >= 0.6 is 0 Å². The second-order valence-electron chi connectivity index (χ2n) is 4.45. The van der Waals surface area contributed by atoms with Gasteiger partial charge in [0, 0.05) is 5.56 Å². The van der Waals surface area contributed by atoms with Gasteiger partial charge in [0.25, 0.3) is 0 Å². The van der Waals surface area contributed by atoms with Crippen LogP contribution in [-0.2, 0) is 11.3 Å². The van der Waals surface area contributed by atoms with Crippen LogP contribution in [0.15, 0.2) is 42.5 Å². The molecule has 0 spiro atoms. The number of rotatable bonds is 2. The fraction of sp³-hybridized carbons (Fsp3) is 0.0714. The summed E-state index contributed by atoms with van der Waals surface area (Å²) in [6.45, 7) is 0.378. The van der Waals surface area contributed by atoms with E-state index in [2.05, 4.69) is 0 Å². The first-order valence-corrected chi connectivity index (χ1v) is 5.99. The van der Waals surface area contributed by atoms with Crippen LogP contribution < -0.4 is 11.2 Å². The molecule has 0 aliphatic carbocycles. The van der Waals surface area contributed by atoms with E-state index in [1.54, 1.807) is 12.1 Å². The van der Waals surface area contributed by atoms with Gasteiger partial charge >= 0.3 is 7.12 Å². The number of nitrogens with two attached hydrogens (primary N) is 1. The van der Waals surface area contributed by atoms with E-state index in [-0.39, 0.29) is 0 Å². The third-order valence-corrected chi connectivity index (χ3v) is 3.32. The molecule has 94 valence electrons. The van der Waals surface area contributed by atoms with Gasteiger partial charge < -0.3 is 15.4 Å². The van der Waals surface area contributed by atoms with Crippen LogP contribution in [0.25, 0.3) is 11.1 Å². The Morgan fingerprint density at radius 3 is 2.68 bits per heavy atom. The van der Waals surface area contributed by atoms with E-state index in [1.807, 2.05) is 30.3 Å². The van der Waals surface area contributed by atoms with E-state index in [0.717, 1.165) is 22.2 Å². The zero-order valence-corrected chi connectivity index (χ0v) is 10.2. The molecule has 0 aromatic heterocycles. The van der Waals surface area contributed by atoms with E-state index in [1.165, 1.54) is 0 Å². The Labute approximate surface area is 111 Å². The Balaban J connectivity index is 2.25. The predicted molar refractivity (Wildman–Crippen MR) is 72.8 cm³/mol. The highest BCUT2D eigenvalue weighted by Gasteiger charge is 2.31. The van der Waals surface area contributed by atoms with Crippen molar-refractivity contribution in [3.63, 3.8) is 0 Å². The van der Waals surface area contributed by atoms with Gasteiger partial charge in [-0.15, -0.1) is 0 Å². The third-order valence-electron chi connectivity index (χ3n) is 3.32. The first-order chi connectivity index (χ1) is 9.18. The highest BCUT2D eigenvalue weighted by atomic mass is 16.5. The molecule has 1 aliphatic rings. The fourth-order valence-corrected chi connectivity index (χ4v) is 2.45. The Morgan fingerprint density at radius 2 is 1.89 bits per heavy atom. The second kappa shape index (κ2) is 4.53. The maximum absolute atomic E-state index is 11.5. The Kier molecular flexibility index (Phi) is 2.85. The Bertz CT molecular complexity index is 657. The number of carbonyl (C=O) groups is 1. The summed E-state index contributed by atoms with van der Waals surface area (Å²) in [5.41, 5.74) is 9.00. The molecular formula is C14H12BNO3. The fourth-order valence-electron chi connectivity index (χ4n) is 2.45. The molecule has 3 N–H and O–H groups in total. The summed E-state index contributed by atoms with van der Waals surface area (Å²) in [7, 11) is -0.952. The molecule has 5 heteroatoms. The maximum Gasteiger partial charge on any atom is 0.492 e.